The highest BCUT2D eigenvalue weighted by Crippen LogP contribution is 2.42. The Balaban J connectivity index is 2.68. The second-order valence-electron chi connectivity index (χ2n) is 3.74. The van der Waals surface area contributed by atoms with E-state index in [9.17, 15) is 0 Å². The molecule has 0 unspecified atom stereocenters. The second-order valence-corrected chi connectivity index (χ2v) is 4.14. The summed E-state index contributed by atoms with van der Waals surface area (Å²) in [5.74, 6) is 1.69. The van der Waals surface area contributed by atoms with Crippen LogP contribution in [0.5, 0.6) is 11.5 Å². The van der Waals surface area contributed by atoms with Crippen LogP contribution < -0.4 is 15.2 Å². The van der Waals surface area contributed by atoms with Crippen LogP contribution in [0.25, 0.3) is 11.3 Å². The Kier molecular flexibility index (Phi) is 3.34. The zero-order valence-corrected chi connectivity index (χ0v) is 11.2. The fourth-order valence-corrected chi connectivity index (χ4v) is 1.99. The third-order valence-electron chi connectivity index (χ3n) is 2.67. The molecule has 2 aromatic rings. The lowest BCUT2D eigenvalue weighted by Gasteiger charge is -2.12. The third-order valence-corrected chi connectivity index (χ3v) is 2.98. The van der Waals surface area contributed by atoms with Crippen molar-refractivity contribution < 1.29 is 9.47 Å². The molecule has 0 saturated heterocycles. The van der Waals surface area contributed by atoms with Crippen LogP contribution >= 0.6 is 11.6 Å². The van der Waals surface area contributed by atoms with E-state index in [1.165, 1.54) is 0 Å². The van der Waals surface area contributed by atoms with Crippen molar-refractivity contribution in [2.75, 3.05) is 20.0 Å². The Morgan fingerprint density at radius 2 is 2.00 bits per heavy atom. The molecule has 5 nitrogen and oxygen atoms in total. The van der Waals surface area contributed by atoms with Crippen LogP contribution in [-0.2, 0) is 7.05 Å². The minimum atomic E-state index is 0.533. The minimum Gasteiger partial charge on any atom is -0.493 e. The van der Waals surface area contributed by atoms with Crippen LogP contribution in [0.4, 0.5) is 5.82 Å². The largest absolute Gasteiger partial charge is 0.493 e. The molecule has 0 saturated carbocycles. The summed E-state index contributed by atoms with van der Waals surface area (Å²) in [6, 6.07) is 5.23. The lowest BCUT2D eigenvalue weighted by Crippen LogP contribution is -1.97. The van der Waals surface area contributed by atoms with Crippen LogP contribution in [0.2, 0.25) is 5.02 Å². The molecule has 2 N–H and O–H groups in total. The normalized spacial score (nSPS) is 10.4. The molecule has 1 aromatic carbocycles. The van der Waals surface area contributed by atoms with Gasteiger partial charge < -0.3 is 15.2 Å². The van der Waals surface area contributed by atoms with Crippen molar-refractivity contribution in [2.45, 2.75) is 0 Å². The monoisotopic (exact) mass is 267 g/mol. The molecule has 0 spiro atoms. The summed E-state index contributed by atoms with van der Waals surface area (Å²) in [5, 5.41) is 4.83. The van der Waals surface area contributed by atoms with E-state index in [1.54, 1.807) is 44.1 Å². The number of ether oxygens (including phenoxy) is 2. The summed E-state index contributed by atoms with van der Waals surface area (Å²) < 4.78 is 12.2. The number of aromatic nitrogens is 2. The van der Waals surface area contributed by atoms with E-state index in [0.717, 1.165) is 0 Å². The first-order valence-corrected chi connectivity index (χ1v) is 5.66. The Labute approximate surface area is 110 Å². The first-order valence-electron chi connectivity index (χ1n) is 5.28. The van der Waals surface area contributed by atoms with Gasteiger partial charge in [-0.3, -0.25) is 4.68 Å². The number of rotatable bonds is 3. The van der Waals surface area contributed by atoms with Gasteiger partial charge in [-0.05, 0) is 12.1 Å². The Morgan fingerprint density at radius 1 is 1.28 bits per heavy atom. The summed E-state index contributed by atoms with van der Waals surface area (Å²) in [4.78, 5) is 0. The van der Waals surface area contributed by atoms with Crippen molar-refractivity contribution in [3.8, 4) is 22.8 Å². The summed E-state index contributed by atoms with van der Waals surface area (Å²) in [6.07, 6.45) is 0. The number of hydrogen-bond donors (Lipinski definition) is 1. The number of nitrogens with zero attached hydrogens (tertiary/aromatic N) is 2. The molecule has 1 heterocycles. The predicted molar refractivity (Wildman–Crippen MR) is 71.2 cm³/mol. The third kappa shape index (κ3) is 1.97. The molecule has 1 aromatic heterocycles. The molecule has 2 rings (SSSR count). The molecule has 0 fully saturated rings. The van der Waals surface area contributed by atoms with Crippen LogP contribution in [0.1, 0.15) is 0 Å². The Hall–Kier alpha value is -1.88. The highest BCUT2D eigenvalue weighted by Gasteiger charge is 2.18. The summed E-state index contributed by atoms with van der Waals surface area (Å²) in [5.41, 5.74) is 7.10. The fraction of sp³-hybridized carbons (Fsp3) is 0.250. The van der Waals surface area contributed by atoms with Gasteiger partial charge in [0.2, 0.25) is 0 Å². The number of methoxy groups -OCH3 is 2. The molecule has 0 amide bonds. The van der Waals surface area contributed by atoms with Gasteiger partial charge in [0.15, 0.2) is 11.5 Å². The quantitative estimate of drug-likeness (QED) is 0.927. The molecule has 18 heavy (non-hydrogen) atoms. The molecule has 0 aliphatic heterocycles. The van der Waals surface area contributed by atoms with E-state index in [2.05, 4.69) is 5.10 Å². The van der Waals surface area contributed by atoms with Crippen molar-refractivity contribution in [2.24, 2.45) is 7.05 Å². The maximum absolute atomic E-state index is 6.21. The van der Waals surface area contributed by atoms with Crippen LogP contribution in [0.15, 0.2) is 18.2 Å². The van der Waals surface area contributed by atoms with Gasteiger partial charge in [-0.2, -0.15) is 5.10 Å². The average molecular weight is 268 g/mol. The van der Waals surface area contributed by atoms with Gasteiger partial charge in [0, 0.05) is 13.1 Å². The predicted octanol–water partition coefficient (Wildman–Crippen LogP) is 2.34. The summed E-state index contributed by atoms with van der Waals surface area (Å²) in [6.45, 7) is 0. The second kappa shape index (κ2) is 4.78. The molecule has 0 radical (unpaired) electrons. The lowest BCUT2D eigenvalue weighted by molar-refractivity contribution is 0.356. The zero-order chi connectivity index (χ0) is 13.3. The number of halogens is 1. The minimum absolute atomic E-state index is 0.533. The molecular weight excluding hydrogens is 254 g/mol. The smallest absolute Gasteiger partial charge is 0.171 e. The first-order chi connectivity index (χ1) is 8.58. The molecule has 0 aliphatic carbocycles. The zero-order valence-electron chi connectivity index (χ0n) is 10.4. The maximum Gasteiger partial charge on any atom is 0.171 e. The Morgan fingerprint density at radius 3 is 2.50 bits per heavy atom. The van der Waals surface area contributed by atoms with Crippen molar-refractivity contribution in [1.29, 1.82) is 0 Å². The van der Waals surface area contributed by atoms with Gasteiger partial charge in [0.25, 0.3) is 0 Å². The summed E-state index contributed by atoms with van der Waals surface area (Å²) in [7, 11) is 4.89. The van der Waals surface area contributed by atoms with Crippen molar-refractivity contribution in [1.82, 2.24) is 9.78 Å². The van der Waals surface area contributed by atoms with Gasteiger partial charge in [-0.1, -0.05) is 11.6 Å². The van der Waals surface area contributed by atoms with Crippen molar-refractivity contribution in [3.63, 3.8) is 0 Å². The standard InChI is InChI=1S/C12H14ClN3O2/c1-16-10(14)6-8(15-16)11-7(13)4-5-9(17-2)12(11)18-3/h4-6H,14H2,1-3H3. The van der Waals surface area contributed by atoms with Gasteiger partial charge in [-0.15, -0.1) is 0 Å². The number of benzene rings is 1. The number of nitrogen functional groups attached to an aromatic ring is 1. The van der Waals surface area contributed by atoms with E-state index in [1.807, 2.05) is 0 Å². The van der Waals surface area contributed by atoms with E-state index in [0.29, 0.717) is 33.6 Å². The van der Waals surface area contributed by atoms with Crippen LogP contribution in [0.3, 0.4) is 0 Å². The average Bonchev–Trinajstić information content (AvgIpc) is 2.68. The molecule has 6 heteroatoms. The van der Waals surface area contributed by atoms with Crippen molar-refractivity contribution in [3.05, 3.63) is 23.2 Å². The lowest BCUT2D eigenvalue weighted by atomic mass is 10.1. The molecule has 0 atom stereocenters. The van der Waals surface area contributed by atoms with E-state index >= 15 is 0 Å². The Bertz CT molecular complexity index is 561. The van der Waals surface area contributed by atoms with Crippen LogP contribution in [0, 0.1) is 0 Å². The highest BCUT2D eigenvalue weighted by atomic mass is 35.5. The highest BCUT2D eigenvalue weighted by molar-refractivity contribution is 6.33. The maximum atomic E-state index is 6.21. The first kappa shape index (κ1) is 12.6. The van der Waals surface area contributed by atoms with Gasteiger partial charge in [-0.25, -0.2) is 0 Å². The number of aryl methyl sites for hydroxylation is 1. The van der Waals surface area contributed by atoms with Gasteiger partial charge >= 0.3 is 0 Å². The molecule has 0 bridgehead atoms. The molecular formula is C12H14ClN3O2. The molecule has 96 valence electrons. The van der Waals surface area contributed by atoms with Crippen molar-refractivity contribution >= 4 is 17.4 Å². The fourth-order valence-electron chi connectivity index (χ4n) is 1.75. The van der Waals surface area contributed by atoms with Crippen LogP contribution in [-0.4, -0.2) is 24.0 Å². The van der Waals surface area contributed by atoms with E-state index in [-0.39, 0.29) is 0 Å². The van der Waals surface area contributed by atoms with E-state index < -0.39 is 0 Å². The SMILES string of the molecule is COc1ccc(Cl)c(-c2cc(N)n(C)n2)c1OC. The topological polar surface area (TPSA) is 62.3 Å². The van der Waals surface area contributed by atoms with E-state index in [4.69, 9.17) is 26.8 Å². The summed E-state index contributed by atoms with van der Waals surface area (Å²) >= 11 is 6.21. The van der Waals surface area contributed by atoms with Gasteiger partial charge in [0.1, 0.15) is 5.82 Å². The van der Waals surface area contributed by atoms with Gasteiger partial charge in [0.05, 0.1) is 30.5 Å². The number of hydrogen-bond acceptors (Lipinski definition) is 4. The number of anilines is 1. The number of nitrogens with two attached hydrogens (primary N) is 1. The molecule has 0 aliphatic rings.